The number of nitrogens with one attached hydrogen (secondary N) is 1. The molecule has 2 heterocycles. The lowest BCUT2D eigenvalue weighted by Gasteiger charge is -2.26. The molecule has 1 amide bonds. The van der Waals surface area contributed by atoms with Gasteiger partial charge < -0.3 is 24.3 Å². The van der Waals surface area contributed by atoms with Crippen molar-refractivity contribution in [3.63, 3.8) is 0 Å². The summed E-state index contributed by atoms with van der Waals surface area (Å²) >= 11 is 1.30. The summed E-state index contributed by atoms with van der Waals surface area (Å²) in [7, 11) is 3.20. The van der Waals surface area contributed by atoms with Crippen LogP contribution in [0.3, 0.4) is 0 Å². The van der Waals surface area contributed by atoms with Gasteiger partial charge in [-0.3, -0.25) is 9.36 Å². The maximum Gasteiger partial charge on any atom is 0.230 e. The van der Waals surface area contributed by atoms with Crippen molar-refractivity contribution >= 4 is 17.7 Å². The summed E-state index contributed by atoms with van der Waals surface area (Å²) in [6.45, 7) is 6.53. The minimum absolute atomic E-state index is 0.145. The number of methoxy groups -OCH3 is 2. The SMILES string of the molecule is C=CCn1c(SCC(=O)N[C@@H](C)c2cc(OC)ccc2OC)nnc1[C@H]1COc2ccccc2O1. The molecule has 0 saturated heterocycles. The zero-order valence-corrected chi connectivity index (χ0v) is 20.7. The van der Waals surface area contributed by atoms with Gasteiger partial charge in [0.2, 0.25) is 5.91 Å². The van der Waals surface area contributed by atoms with Crippen LogP contribution >= 0.6 is 11.8 Å². The minimum atomic E-state index is -0.416. The van der Waals surface area contributed by atoms with Gasteiger partial charge in [-0.25, -0.2) is 0 Å². The summed E-state index contributed by atoms with van der Waals surface area (Å²) in [5, 5.41) is 12.2. The number of benzene rings is 2. The van der Waals surface area contributed by atoms with Gasteiger partial charge in [0.25, 0.3) is 0 Å². The predicted octanol–water partition coefficient (Wildman–Crippen LogP) is 3.96. The van der Waals surface area contributed by atoms with E-state index in [4.69, 9.17) is 18.9 Å². The van der Waals surface area contributed by atoms with Crippen molar-refractivity contribution < 1.29 is 23.7 Å². The predicted molar refractivity (Wildman–Crippen MR) is 132 cm³/mol. The van der Waals surface area contributed by atoms with Gasteiger partial charge in [-0.2, -0.15) is 0 Å². The first-order chi connectivity index (χ1) is 17.0. The Balaban J connectivity index is 1.42. The third-order valence-corrected chi connectivity index (χ3v) is 6.43. The third kappa shape index (κ3) is 5.54. The summed E-state index contributed by atoms with van der Waals surface area (Å²) in [5.41, 5.74) is 0.831. The van der Waals surface area contributed by atoms with Crippen LogP contribution in [0.25, 0.3) is 0 Å². The lowest BCUT2D eigenvalue weighted by Crippen LogP contribution is -2.28. The Morgan fingerprint density at radius 1 is 1.26 bits per heavy atom. The van der Waals surface area contributed by atoms with Gasteiger partial charge in [-0.05, 0) is 37.3 Å². The lowest BCUT2D eigenvalue weighted by molar-refractivity contribution is -0.119. The van der Waals surface area contributed by atoms with Crippen LogP contribution in [-0.4, -0.2) is 47.3 Å². The third-order valence-electron chi connectivity index (χ3n) is 5.47. The number of nitrogens with zero attached hydrogens (tertiary/aromatic N) is 3. The number of carbonyl (C=O) groups excluding carboxylic acids is 1. The molecule has 2 atom stereocenters. The molecule has 1 N–H and O–H groups in total. The highest BCUT2D eigenvalue weighted by Crippen LogP contribution is 2.36. The molecule has 35 heavy (non-hydrogen) atoms. The second-order valence-electron chi connectivity index (χ2n) is 7.79. The van der Waals surface area contributed by atoms with Crippen LogP contribution in [-0.2, 0) is 11.3 Å². The normalized spacial score (nSPS) is 15.2. The van der Waals surface area contributed by atoms with Gasteiger partial charge in [-0.1, -0.05) is 30.0 Å². The van der Waals surface area contributed by atoms with E-state index >= 15 is 0 Å². The Morgan fingerprint density at radius 2 is 2.06 bits per heavy atom. The largest absolute Gasteiger partial charge is 0.497 e. The number of hydrogen-bond donors (Lipinski definition) is 1. The molecule has 0 saturated carbocycles. The van der Waals surface area contributed by atoms with Crippen molar-refractivity contribution in [1.82, 2.24) is 20.1 Å². The molecule has 0 radical (unpaired) electrons. The number of carbonyl (C=O) groups is 1. The average Bonchev–Trinajstić information content (AvgIpc) is 3.29. The smallest absolute Gasteiger partial charge is 0.230 e. The highest BCUT2D eigenvalue weighted by molar-refractivity contribution is 7.99. The number of ether oxygens (including phenoxy) is 4. The number of aromatic nitrogens is 3. The number of thioether (sulfide) groups is 1. The molecule has 10 heteroatoms. The standard InChI is InChI=1S/C25H28N4O5S/c1-5-12-29-24(22-14-33-20-8-6-7-9-21(20)34-22)27-28-25(29)35-15-23(30)26-16(2)18-13-17(31-3)10-11-19(18)32-4/h5-11,13,16,22H,1,12,14-15H2,2-4H3,(H,26,30)/t16-,22+/m0/s1. The fourth-order valence-corrected chi connectivity index (χ4v) is 4.53. The first-order valence-corrected chi connectivity index (χ1v) is 12.1. The van der Waals surface area contributed by atoms with Crippen LogP contribution in [0.15, 0.2) is 60.3 Å². The van der Waals surface area contributed by atoms with Crippen molar-refractivity contribution in [3.05, 3.63) is 66.5 Å². The second-order valence-corrected chi connectivity index (χ2v) is 8.73. The molecule has 0 spiro atoms. The van der Waals surface area contributed by atoms with Crippen molar-refractivity contribution in [3.8, 4) is 23.0 Å². The number of para-hydroxylation sites is 2. The Morgan fingerprint density at radius 3 is 2.80 bits per heavy atom. The molecule has 0 aliphatic carbocycles. The van der Waals surface area contributed by atoms with Gasteiger partial charge >= 0.3 is 0 Å². The van der Waals surface area contributed by atoms with E-state index in [9.17, 15) is 4.79 Å². The number of fused-ring (bicyclic) bond motifs is 1. The van der Waals surface area contributed by atoms with Gasteiger partial charge in [0.15, 0.2) is 28.6 Å². The molecule has 0 fully saturated rings. The van der Waals surface area contributed by atoms with E-state index in [1.165, 1.54) is 11.8 Å². The highest BCUT2D eigenvalue weighted by atomic mass is 32.2. The van der Waals surface area contributed by atoms with Gasteiger partial charge in [0, 0.05) is 12.1 Å². The highest BCUT2D eigenvalue weighted by Gasteiger charge is 2.28. The molecule has 1 aliphatic heterocycles. The van der Waals surface area contributed by atoms with E-state index in [0.29, 0.717) is 47.1 Å². The molecule has 2 aromatic carbocycles. The maximum atomic E-state index is 12.7. The molecule has 0 bridgehead atoms. The number of amides is 1. The Hall–Kier alpha value is -3.66. The Bertz CT molecular complexity index is 1200. The van der Waals surface area contributed by atoms with E-state index in [-0.39, 0.29) is 17.7 Å². The monoisotopic (exact) mass is 496 g/mol. The molecule has 1 aromatic heterocycles. The van der Waals surface area contributed by atoms with Crippen LogP contribution < -0.4 is 24.3 Å². The molecule has 3 aromatic rings. The van der Waals surface area contributed by atoms with Crippen molar-refractivity contribution in [1.29, 1.82) is 0 Å². The number of rotatable bonds is 10. The molecule has 9 nitrogen and oxygen atoms in total. The van der Waals surface area contributed by atoms with E-state index in [1.807, 2.05) is 54.0 Å². The van der Waals surface area contributed by atoms with Crippen LogP contribution in [0.5, 0.6) is 23.0 Å². The Labute approximate surface area is 208 Å². The van der Waals surface area contributed by atoms with Gasteiger partial charge in [0.1, 0.15) is 18.1 Å². The first kappa shape index (κ1) is 24.5. The second kappa shape index (κ2) is 11.2. The minimum Gasteiger partial charge on any atom is -0.497 e. The topological polar surface area (TPSA) is 96.7 Å². The van der Waals surface area contributed by atoms with E-state index in [2.05, 4.69) is 22.1 Å². The van der Waals surface area contributed by atoms with Crippen molar-refractivity contribution in [2.45, 2.75) is 30.8 Å². The molecule has 184 valence electrons. The van der Waals surface area contributed by atoms with E-state index in [0.717, 1.165) is 5.56 Å². The van der Waals surface area contributed by atoms with Crippen LogP contribution in [0.4, 0.5) is 0 Å². The van der Waals surface area contributed by atoms with Crippen molar-refractivity contribution in [2.75, 3.05) is 26.6 Å². The fraction of sp³-hybridized carbons (Fsp3) is 0.320. The molecular formula is C25H28N4O5S. The fourth-order valence-electron chi connectivity index (χ4n) is 3.76. The van der Waals surface area contributed by atoms with Gasteiger partial charge in [0.05, 0.1) is 26.0 Å². The van der Waals surface area contributed by atoms with Gasteiger partial charge in [-0.15, -0.1) is 16.8 Å². The van der Waals surface area contributed by atoms with E-state index < -0.39 is 6.10 Å². The molecule has 0 unspecified atom stereocenters. The number of allylic oxidation sites excluding steroid dienone is 1. The number of hydrogen-bond acceptors (Lipinski definition) is 8. The zero-order chi connectivity index (χ0) is 24.8. The molecular weight excluding hydrogens is 468 g/mol. The molecule has 4 rings (SSSR count). The van der Waals surface area contributed by atoms with E-state index in [1.54, 1.807) is 20.3 Å². The quantitative estimate of drug-likeness (QED) is 0.333. The summed E-state index contributed by atoms with van der Waals surface area (Å²) in [5.74, 6) is 3.37. The summed E-state index contributed by atoms with van der Waals surface area (Å²) in [6, 6.07) is 12.7. The van der Waals surface area contributed by atoms with Crippen LogP contribution in [0.2, 0.25) is 0 Å². The Kier molecular flexibility index (Phi) is 7.81. The lowest BCUT2D eigenvalue weighted by atomic mass is 10.1. The van der Waals surface area contributed by atoms with Crippen LogP contribution in [0.1, 0.15) is 30.5 Å². The average molecular weight is 497 g/mol. The van der Waals surface area contributed by atoms with Crippen molar-refractivity contribution in [2.24, 2.45) is 0 Å². The summed E-state index contributed by atoms with van der Waals surface area (Å²) < 4.78 is 24.6. The van der Waals surface area contributed by atoms with Crippen LogP contribution in [0, 0.1) is 0 Å². The summed E-state index contributed by atoms with van der Waals surface area (Å²) in [4.78, 5) is 12.7. The molecule has 1 aliphatic rings. The zero-order valence-electron chi connectivity index (χ0n) is 19.9. The maximum absolute atomic E-state index is 12.7. The summed E-state index contributed by atoms with van der Waals surface area (Å²) in [6.07, 6.45) is 1.34. The first-order valence-electron chi connectivity index (χ1n) is 11.1.